The normalized spacial score (nSPS) is 33.2. The van der Waals surface area contributed by atoms with E-state index in [1.807, 2.05) is 0 Å². The zero-order chi connectivity index (χ0) is 15.0. The fourth-order valence-corrected chi connectivity index (χ4v) is 4.14. The first-order valence-electron chi connectivity index (χ1n) is 8.21. The van der Waals surface area contributed by atoms with Gasteiger partial charge in [0.2, 0.25) is 0 Å². The van der Waals surface area contributed by atoms with Gasteiger partial charge in [0.15, 0.2) is 0 Å². The monoisotopic (exact) mass is 288 g/mol. The highest BCUT2D eigenvalue weighted by atomic mass is 16.5. The molecule has 1 aliphatic carbocycles. The number of aryl methyl sites for hydroxylation is 1. The lowest BCUT2D eigenvalue weighted by atomic mass is 9.93. The molecule has 3 atom stereocenters. The van der Waals surface area contributed by atoms with Crippen LogP contribution in [0.15, 0.2) is 24.3 Å². The van der Waals surface area contributed by atoms with Crippen molar-refractivity contribution < 1.29 is 4.74 Å². The first kappa shape index (κ1) is 15.0. The smallest absolute Gasteiger partial charge is 0.0757 e. The lowest BCUT2D eigenvalue weighted by Crippen LogP contribution is -2.57. The van der Waals surface area contributed by atoms with Crippen molar-refractivity contribution in [2.24, 2.45) is 5.73 Å². The highest BCUT2D eigenvalue weighted by molar-refractivity contribution is 5.32. The van der Waals surface area contributed by atoms with E-state index in [4.69, 9.17) is 10.5 Å². The summed E-state index contributed by atoms with van der Waals surface area (Å²) in [6, 6.07) is 9.25. The number of fused-ring (bicyclic) bond motifs is 1. The minimum Gasteiger partial charge on any atom is -0.370 e. The Morgan fingerprint density at radius 2 is 2.05 bits per heavy atom. The predicted molar refractivity (Wildman–Crippen MR) is 86.3 cm³/mol. The van der Waals surface area contributed by atoms with Crippen LogP contribution in [0.25, 0.3) is 0 Å². The van der Waals surface area contributed by atoms with Gasteiger partial charge in [-0.3, -0.25) is 4.90 Å². The quantitative estimate of drug-likeness (QED) is 0.808. The largest absolute Gasteiger partial charge is 0.370 e. The molecule has 1 fully saturated rings. The van der Waals surface area contributed by atoms with Crippen LogP contribution in [0.4, 0.5) is 0 Å². The number of rotatable bonds is 1. The van der Waals surface area contributed by atoms with Gasteiger partial charge in [-0.2, -0.15) is 0 Å². The molecule has 3 nitrogen and oxygen atoms in total. The molecule has 0 saturated carbocycles. The second-order valence-electron chi connectivity index (χ2n) is 7.30. The van der Waals surface area contributed by atoms with E-state index in [1.54, 1.807) is 0 Å². The molecule has 116 valence electrons. The van der Waals surface area contributed by atoms with E-state index in [0.29, 0.717) is 6.04 Å². The Balaban J connectivity index is 1.85. The molecular formula is C18H28N2O. The van der Waals surface area contributed by atoms with E-state index in [1.165, 1.54) is 24.0 Å². The van der Waals surface area contributed by atoms with Crippen molar-refractivity contribution in [2.75, 3.05) is 13.1 Å². The molecule has 1 aliphatic heterocycles. The highest BCUT2D eigenvalue weighted by Gasteiger charge is 2.37. The standard InChI is InChI=1S/C18H28N2O/c1-13-11-20(12-18(2,3)21-13)16-10-6-8-14-7-4-5-9-15(14)17(16)19/h4-5,7,9,13,16-17H,6,8,10-12,19H2,1-3H3. The number of hydrogen-bond acceptors (Lipinski definition) is 3. The molecule has 3 unspecified atom stereocenters. The molecule has 0 bridgehead atoms. The van der Waals surface area contributed by atoms with Crippen LogP contribution in [0.2, 0.25) is 0 Å². The summed E-state index contributed by atoms with van der Waals surface area (Å²) in [5.74, 6) is 0. The summed E-state index contributed by atoms with van der Waals surface area (Å²) in [5.41, 5.74) is 9.38. The van der Waals surface area contributed by atoms with Gasteiger partial charge in [0, 0.05) is 25.2 Å². The van der Waals surface area contributed by atoms with Crippen molar-refractivity contribution in [3.05, 3.63) is 35.4 Å². The Kier molecular flexibility index (Phi) is 4.08. The van der Waals surface area contributed by atoms with Crippen LogP contribution in [0.3, 0.4) is 0 Å². The molecule has 3 heteroatoms. The predicted octanol–water partition coefficient (Wildman–Crippen LogP) is 2.89. The van der Waals surface area contributed by atoms with Crippen molar-refractivity contribution in [3.63, 3.8) is 0 Å². The summed E-state index contributed by atoms with van der Waals surface area (Å²) in [7, 11) is 0. The lowest BCUT2D eigenvalue weighted by Gasteiger charge is -2.46. The first-order valence-corrected chi connectivity index (χ1v) is 8.21. The summed E-state index contributed by atoms with van der Waals surface area (Å²) in [6.45, 7) is 8.50. The Labute approximate surface area is 128 Å². The average Bonchev–Trinajstić information content (AvgIpc) is 2.56. The maximum atomic E-state index is 6.67. The number of nitrogens with two attached hydrogens (primary N) is 1. The number of hydrogen-bond donors (Lipinski definition) is 1. The van der Waals surface area contributed by atoms with Gasteiger partial charge in [0.05, 0.1) is 11.7 Å². The van der Waals surface area contributed by atoms with Crippen LogP contribution < -0.4 is 5.73 Å². The van der Waals surface area contributed by atoms with Crippen LogP contribution >= 0.6 is 0 Å². The third-order valence-electron chi connectivity index (χ3n) is 4.84. The van der Waals surface area contributed by atoms with Crippen molar-refractivity contribution in [1.29, 1.82) is 0 Å². The number of nitrogens with zero attached hydrogens (tertiary/aromatic N) is 1. The van der Waals surface area contributed by atoms with Gasteiger partial charge in [-0.25, -0.2) is 0 Å². The van der Waals surface area contributed by atoms with E-state index in [9.17, 15) is 0 Å². The second kappa shape index (κ2) is 5.71. The zero-order valence-corrected chi connectivity index (χ0v) is 13.5. The second-order valence-corrected chi connectivity index (χ2v) is 7.30. The molecular weight excluding hydrogens is 260 g/mol. The van der Waals surface area contributed by atoms with E-state index >= 15 is 0 Å². The van der Waals surface area contributed by atoms with Crippen LogP contribution in [0.1, 0.15) is 50.8 Å². The lowest BCUT2D eigenvalue weighted by molar-refractivity contribution is -0.140. The van der Waals surface area contributed by atoms with Crippen molar-refractivity contribution in [1.82, 2.24) is 4.90 Å². The third kappa shape index (κ3) is 3.15. The van der Waals surface area contributed by atoms with Gasteiger partial charge >= 0.3 is 0 Å². The van der Waals surface area contributed by atoms with Crippen molar-refractivity contribution in [3.8, 4) is 0 Å². The Morgan fingerprint density at radius 1 is 1.29 bits per heavy atom. The summed E-state index contributed by atoms with van der Waals surface area (Å²) >= 11 is 0. The Bertz CT molecular complexity index is 500. The van der Waals surface area contributed by atoms with Crippen molar-refractivity contribution >= 4 is 0 Å². The molecule has 1 aromatic rings. The molecule has 3 rings (SSSR count). The fourth-order valence-electron chi connectivity index (χ4n) is 4.14. The molecule has 0 aromatic heterocycles. The molecule has 1 aromatic carbocycles. The summed E-state index contributed by atoms with van der Waals surface area (Å²) in [6.07, 6.45) is 3.84. The van der Waals surface area contributed by atoms with Crippen LogP contribution in [-0.4, -0.2) is 35.7 Å². The van der Waals surface area contributed by atoms with E-state index in [-0.39, 0.29) is 17.7 Å². The highest BCUT2D eigenvalue weighted by Crippen LogP contribution is 2.33. The van der Waals surface area contributed by atoms with Crippen LogP contribution in [0.5, 0.6) is 0 Å². The van der Waals surface area contributed by atoms with Crippen LogP contribution in [0, 0.1) is 0 Å². The van der Waals surface area contributed by atoms with E-state index < -0.39 is 0 Å². The molecule has 0 radical (unpaired) electrons. The molecule has 2 aliphatic rings. The van der Waals surface area contributed by atoms with Crippen molar-refractivity contribution in [2.45, 2.75) is 63.8 Å². The minimum atomic E-state index is -0.0801. The maximum absolute atomic E-state index is 6.67. The number of ether oxygens (including phenoxy) is 1. The Hall–Kier alpha value is -0.900. The van der Waals surface area contributed by atoms with Gasteiger partial charge in [-0.1, -0.05) is 24.3 Å². The molecule has 21 heavy (non-hydrogen) atoms. The van der Waals surface area contributed by atoms with Gasteiger partial charge in [-0.15, -0.1) is 0 Å². The Morgan fingerprint density at radius 3 is 2.81 bits per heavy atom. The SMILES string of the molecule is CC1CN(C2CCCc3ccccc3C2N)CC(C)(C)O1. The fraction of sp³-hybridized carbons (Fsp3) is 0.667. The minimum absolute atomic E-state index is 0.0801. The maximum Gasteiger partial charge on any atom is 0.0757 e. The van der Waals surface area contributed by atoms with E-state index in [0.717, 1.165) is 19.5 Å². The number of benzene rings is 1. The van der Waals surface area contributed by atoms with Gasteiger partial charge < -0.3 is 10.5 Å². The van der Waals surface area contributed by atoms with Gasteiger partial charge in [-0.05, 0) is 51.2 Å². The average molecular weight is 288 g/mol. The molecule has 0 amide bonds. The number of morpholine rings is 1. The third-order valence-corrected chi connectivity index (χ3v) is 4.84. The van der Waals surface area contributed by atoms with Crippen LogP contribution in [-0.2, 0) is 11.2 Å². The zero-order valence-electron chi connectivity index (χ0n) is 13.5. The summed E-state index contributed by atoms with van der Waals surface area (Å²) < 4.78 is 6.05. The van der Waals surface area contributed by atoms with E-state index in [2.05, 4.69) is 49.9 Å². The first-order chi connectivity index (χ1) is 9.96. The summed E-state index contributed by atoms with van der Waals surface area (Å²) in [4.78, 5) is 2.57. The summed E-state index contributed by atoms with van der Waals surface area (Å²) in [5, 5.41) is 0. The topological polar surface area (TPSA) is 38.5 Å². The molecule has 1 heterocycles. The molecule has 2 N–H and O–H groups in total. The molecule has 0 spiro atoms. The molecule has 1 saturated heterocycles. The van der Waals surface area contributed by atoms with Gasteiger partial charge in [0.25, 0.3) is 0 Å². The van der Waals surface area contributed by atoms with Gasteiger partial charge in [0.1, 0.15) is 0 Å².